The largest absolute Gasteiger partial charge is 0.416 e. The minimum Gasteiger partial charge on any atom is -0.397 e. The Labute approximate surface area is 108 Å². The summed E-state index contributed by atoms with van der Waals surface area (Å²) in [5, 5.41) is 2.98. The van der Waals surface area contributed by atoms with Gasteiger partial charge in [0.15, 0.2) is 0 Å². The number of benzene rings is 1. The third-order valence-electron chi connectivity index (χ3n) is 2.58. The molecule has 0 fully saturated rings. The van der Waals surface area contributed by atoms with Gasteiger partial charge < -0.3 is 11.1 Å². The van der Waals surface area contributed by atoms with Crippen LogP contribution in [0.25, 0.3) is 0 Å². The molecule has 0 aliphatic carbocycles. The average Bonchev–Trinajstić information content (AvgIpc) is 2.37. The van der Waals surface area contributed by atoms with E-state index in [-0.39, 0.29) is 5.69 Å². The SMILES string of the molecule is Nc1cc(C(F)(F)F)ccc1NCc1cccnc1. The van der Waals surface area contributed by atoms with E-state index < -0.39 is 11.7 Å². The van der Waals surface area contributed by atoms with Crippen LogP contribution in [0.2, 0.25) is 0 Å². The third kappa shape index (κ3) is 3.37. The summed E-state index contributed by atoms with van der Waals surface area (Å²) >= 11 is 0. The first kappa shape index (κ1) is 13.2. The summed E-state index contributed by atoms with van der Waals surface area (Å²) < 4.78 is 37.4. The molecule has 0 unspecified atom stereocenters. The van der Waals surface area contributed by atoms with Gasteiger partial charge in [-0.3, -0.25) is 4.98 Å². The number of pyridine rings is 1. The van der Waals surface area contributed by atoms with Gasteiger partial charge in [-0.15, -0.1) is 0 Å². The summed E-state index contributed by atoms with van der Waals surface area (Å²) in [6, 6.07) is 6.90. The van der Waals surface area contributed by atoms with E-state index in [1.54, 1.807) is 18.5 Å². The Balaban J connectivity index is 2.10. The number of alkyl halides is 3. The lowest BCUT2D eigenvalue weighted by atomic mass is 10.1. The number of hydrogen-bond donors (Lipinski definition) is 2. The van der Waals surface area contributed by atoms with Crippen molar-refractivity contribution in [1.82, 2.24) is 4.98 Å². The normalized spacial score (nSPS) is 11.3. The molecule has 2 rings (SSSR count). The second-order valence-electron chi connectivity index (χ2n) is 4.01. The fraction of sp³-hybridized carbons (Fsp3) is 0.154. The number of rotatable bonds is 3. The Kier molecular flexibility index (Phi) is 3.59. The second-order valence-corrected chi connectivity index (χ2v) is 4.01. The van der Waals surface area contributed by atoms with Crippen LogP contribution in [0.1, 0.15) is 11.1 Å². The van der Waals surface area contributed by atoms with Gasteiger partial charge in [0.05, 0.1) is 16.9 Å². The first-order valence-electron chi connectivity index (χ1n) is 5.56. The molecule has 2 aromatic rings. The van der Waals surface area contributed by atoms with E-state index in [2.05, 4.69) is 10.3 Å². The zero-order chi connectivity index (χ0) is 13.9. The summed E-state index contributed by atoms with van der Waals surface area (Å²) in [4.78, 5) is 3.95. The molecule has 0 saturated heterocycles. The van der Waals surface area contributed by atoms with Crippen LogP contribution >= 0.6 is 0 Å². The molecule has 19 heavy (non-hydrogen) atoms. The minimum absolute atomic E-state index is 0.0683. The first-order chi connectivity index (χ1) is 8.97. The molecule has 0 saturated carbocycles. The van der Waals surface area contributed by atoms with E-state index in [1.807, 2.05) is 6.07 Å². The van der Waals surface area contributed by atoms with Gasteiger partial charge in [0, 0.05) is 18.9 Å². The van der Waals surface area contributed by atoms with Crippen LogP contribution in [0.5, 0.6) is 0 Å². The Bertz CT molecular complexity index is 553. The molecule has 0 atom stereocenters. The quantitative estimate of drug-likeness (QED) is 0.839. The van der Waals surface area contributed by atoms with Crippen molar-refractivity contribution in [2.75, 3.05) is 11.1 Å². The molecule has 0 aliphatic heterocycles. The molecular weight excluding hydrogens is 255 g/mol. The maximum atomic E-state index is 12.5. The highest BCUT2D eigenvalue weighted by Crippen LogP contribution is 2.32. The van der Waals surface area contributed by atoms with Gasteiger partial charge in [-0.1, -0.05) is 6.07 Å². The van der Waals surface area contributed by atoms with Gasteiger partial charge in [-0.05, 0) is 29.8 Å². The summed E-state index contributed by atoms with van der Waals surface area (Å²) in [6.45, 7) is 0.448. The molecule has 3 N–H and O–H groups in total. The van der Waals surface area contributed by atoms with Crippen LogP contribution in [0.3, 0.4) is 0 Å². The molecule has 1 aromatic carbocycles. The molecule has 0 amide bonds. The maximum Gasteiger partial charge on any atom is 0.416 e. The number of nitrogens with zero attached hydrogens (tertiary/aromatic N) is 1. The lowest BCUT2D eigenvalue weighted by Crippen LogP contribution is -2.08. The van der Waals surface area contributed by atoms with Crippen LogP contribution in [0, 0.1) is 0 Å². The number of aromatic nitrogens is 1. The standard InChI is InChI=1S/C13H12F3N3/c14-13(15,16)10-3-4-12(11(17)6-10)19-8-9-2-1-5-18-7-9/h1-7,19H,8,17H2. The molecule has 100 valence electrons. The van der Waals surface area contributed by atoms with E-state index in [4.69, 9.17) is 5.73 Å². The van der Waals surface area contributed by atoms with Crippen molar-refractivity contribution in [3.8, 4) is 0 Å². The second kappa shape index (κ2) is 5.17. The van der Waals surface area contributed by atoms with Crippen LogP contribution in [-0.2, 0) is 12.7 Å². The minimum atomic E-state index is -4.38. The van der Waals surface area contributed by atoms with E-state index in [0.717, 1.165) is 17.7 Å². The van der Waals surface area contributed by atoms with E-state index in [0.29, 0.717) is 12.2 Å². The van der Waals surface area contributed by atoms with Crippen molar-refractivity contribution in [3.05, 3.63) is 53.9 Å². The van der Waals surface area contributed by atoms with Crippen molar-refractivity contribution < 1.29 is 13.2 Å². The number of nitrogens with two attached hydrogens (primary N) is 1. The number of nitrogens with one attached hydrogen (secondary N) is 1. The number of hydrogen-bond acceptors (Lipinski definition) is 3. The number of halogens is 3. The summed E-state index contributed by atoms with van der Waals surface area (Å²) in [7, 11) is 0. The molecule has 0 radical (unpaired) electrons. The average molecular weight is 267 g/mol. The van der Waals surface area contributed by atoms with Gasteiger partial charge >= 0.3 is 6.18 Å². The van der Waals surface area contributed by atoms with Crippen LogP contribution in [-0.4, -0.2) is 4.98 Å². The van der Waals surface area contributed by atoms with Crippen molar-refractivity contribution >= 4 is 11.4 Å². The lowest BCUT2D eigenvalue weighted by molar-refractivity contribution is -0.137. The first-order valence-corrected chi connectivity index (χ1v) is 5.56. The molecule has 1 heterocycles. The van der Waals surface area contributed by atoms with Gasteiger partial charge in [-0.25, -0.2) is 0 Å². The number of nitrogen functional groups attached to an aromatic ring is 1. The van der Waals surface area contributed by atoms with Crippen molar-refractivity contribution in [1.29, 1.82) is 0 Å². The van der Waals surface area contributed by atoms with Crippen LogP contribution in [0.4, 0.5) is 24.5 Å². The van der Waals surface area contributed by atoms with Crippen LogP contribution in [0.15, 0.2) is 42.7 Å². The Hall–Kier alpha value is -2.24. The maximum absolute atomic E-state index is 12.5. The van der Waals surface area contributed by atoms with Gasteiger partial charge in [0.25, 0.3) is 0 Å². The fourth-order valence-corrected chi connectivity index (χ4v) is 1.60. The summed E-state index contributed by atoms with van der Waals surface area (Å²) in [6.07, 6.45) is -1.06. The van der Waals surface area contributed by atoms with E-state index >= 15 is 0 Å². The molecule has 0 aliphatic rings. The smallest absolute Gasteiger partial charge is 0.397 e. The molecule has 1 aromatic heterocycles. The third-order valence-corrected chi connectivity index (χ3v) is 2.58. The summed E-state index contributed by atoms with van der Waals surface area (Å²) in [5.41, 5.74) is 6.31. The molecule has 3 nitrogen and oxygen atoms in total. The predicted molar refractivity (Wildman–Crippen MR) is 67.4 cm³/mol. The molecular formula is C13H12F3N3. The molecule has 6 heteroatoms. The Morgan fingerprint density at radius 2 is 2.00 bits per heavy atom. The highest BCUT2D eigenvalue weighted by atomic mass is 19.4. The lowest BCUT2D eigenvalue weighted by Gasteiger charge is -2.12. The fourth-order valence-electron chi connectivity index (χ4n) is 1.60. The van der Waals surface area contributed by atoms with Crippen molar-refractivity contribution in [3.63, 3.8) is 0 Å². The van der Waals surface area contributed by atoms with Gasteiger partial charge in [0.2, 0.25) is 0 Å². The zero-order valence-electron chi connectivity index (χ0n) is 9.91. The predicted octanol–water partition coefficient (Wildman–Crippen LogP) is 3.29. The van der Waals surface area contributed by atoms with Crippen molar-refractivity contribution in [2.45, 2.75) is 12.7 Å². The number of anilines is 2. The van der Waals surface area contributed by atoms with Gasteiger partial charge in [0.1, 0.15) is 0 Å². The van der Waals surface area contributed by atoms with E-state index in [1.165, 1.54) is 6.07 Å². The van der Waals surface area contributed by atoms with Gasteiger partial charge in [-0.2, -0.15) is 13.2 Å². The Morgan fingerprint density at radius 3 is 2.58 bits per heavy atom. The van der Waals surface area contributed by atoms with Crippen LogP contribution < -0.4 is 11.1 Å². The molecule has 0 spiro atoms. The van der Waals surface area contributed by atoms with E-state index in [9.17, 15) is 13.2 Å². The molecule has 0 bridgehead atoms. The monoisotopic (exact) mass is 267 g/mol. The highest BCUT2D eigenvalue weighted by molar-refractivity contribution is 5.67. The summed E-state index contributed by atoms with van der Waals surface area (Å²) in [5.74, 6) is 0. The zero-order valence-corrected chi connectivity index (χ0v) is 9.91. The highest BCUT2D eigenvalue weighted by Gasteiger charge is 2.30. The Morgan fingerprint density at radius 1 is 1.21 bits per heavy atom. The van der Waals surface area contributed by atoms with Crippen molar-refractivity contribution in [2.24, 2.45) is 0 Å². The topological polar surface area (TPSA) is 50.9 Å².